The first kappa shape index (κ1) is 18.1. The van der Waals surface area contributed by atoms with Gasteiger partial charge in [0.2, 0.25) is 0 Å². The molecule has 26 heavy (non-hydrogen) atoms. The second-order valence-corrected chi connectivity index (χ2v) is 7.94. The third kappa shape index (κ3) is 4.66. The molecule has 8 heteroatoms. The molecule has 1 heterocycles. The van der Waals surface area contributed by atoms with E-state index in [9.17, 15) is 13.2 Å². The zero-order valence-corrected chi connectivity index (χ0v) is 14.8. The molecule has 7 nitrogen and oxygen atoms in total. The molecule has 0 radical (unpaired) electrons. The number of benzene rings is 2. The summed E-state index contributed by atoms with van der Waals surface area (Å²) in [5.41, 5.74) is 6.22. The van der Waals surface area contributed by atoms with E-state index >= 15 is 0 Å². The van der Waals surface area contributed by atoms with Gasteiger partial charge in [-0.3, -0.25) is 4.79 Å². The van der Waals surface area contributed by atoms with E-state index in [1.807, 2.05) is 0 Å². The van der Waals surface area contributed by atoms with Crippen molar-refractivity contribution in [2.75, 3.05) is 19.8 Å². The van der Waals surface area contributed by atoms with Gasteiger partial charge in [-0.25, -0.2) is 8.42 Å². The molecule has 0 spiro atoms. The van der Waals surface area contributed by atoms with Crippen LogP contribution in [0.1, 0.15) is 11.1 Å². The lowest BCUT2D eigenvalue weighted by Gasteiger charge is -2.20. The van der Waals surface area contributed by atoms with Crippen molar-refractivity contribution < 1.29 is 27.4 Å². The highest BCUT2D eigenvalue weighted by atomic mass is 32.2. The Morgan fingerprint density at radius 2 is 1.77 bits per heavy atom. The number of carbonyl (C=O) groups is 1. The number of carbonyl (C=O) groups excluding carboxylic acids is 1. The maximum atomic E-state index is 12.6. The van der Waals surface area contributed by atoms with Crippen molar-refractivity contribution in [3.8, 4) is 17.2 Å². The Hall–Kier alpha value is -2.74. The summed E-state index contributed by atoms with van der Waals surface area (Å²) in [6.07, 6.45) is 0. The van der Waals surface area contributed by atoms with Crippen LogP contribution in [0, 0.1) is 0 Å². The first-order valence-corrected chi connectivity index (χ1v) is 9.83. The maximum Gasteiger partial charge on any atom is 0.255 e. The fourth-order valence-corrected chi connectivity index (χ4v) is 4.13. The fourth-order valence-electron chi connectivity index (χ4n) is 2.63. The SMILES string of the molecule is NC(=O)COc1ccc(CS(=O)(=O)Cc2cccc3c2OCCO3)cc1. The van der Waals surface area contributed by atoms with Crippen LogP contribution < -0.4 is 19.9 Å². The fraction of sp³-hybridized carbons (Fsp3) is 0.278. The highest BCUT2D eigenvalue weighted by Crippen LogP contribution is 2.35. The highest BCUT2D eigenvalue weighted by molar-refractivity contribution is 7.89. The molecule has 0 saturated carbocycles. The minimum absolute atomic E-state index is 0.117. The van der Waals surface area contributed by atoms with Crippen molar-refractivity contribution >= 4 is 15.7 Å². The number of rotatable bonds is 7. The van der Waals surface area contributed by atoms with Crippen LogP contribution >= 0.6 is 0 Å². The number of hydrogen-bond acceptors (Lipinski definition) is 6. The molecule has 2 N–H and O–H groups in total. The molecule has 2 aromatic carbocycles. The maximum absolute atomic E-state index is 12.6. The summed E-state index contributed by atoms with van der Waals surface area (Å²) in [6, 6.07) is 11.7. The standard InChI is InChI=1S/C18H19NO6S/c19-17(20)10-25-15-6-4-13(5-7-15)11-26(21,22)12-14-2-1-3-16-18(14)24-9-8-23-16/h1-7H,8-12H2,(H2,19,20). The van der Waals surface area contributed by atoms with Crippen LogP contribution in [-0.2, 0) is 26.1 Å². The quantitative estimate of drug-likeness (QED) is 0.783. The number of amides is 1. The van der Waals surface area contributed by atoms with Crippen molar-refractivity contribution in [1.82, 2.24) is 0 Å². The van der Waals surface area contributed by atoms with Gasteiger partial charge in [-0.1, -0.05) is 24.3 Å². The number of sulfone groups is 1. The number of nitrogens with two attached hydrogens (primary N) is 1. The lowest BCUT2D eigenvalue weighted by atomic mass is 10.2. The lowest BCUT2D eigenvalue weighted by molar-refractivity contribution is -0.119. The van der Waals surface area contributed by atoms with E-state index in [-0.39, 0.29) is 18.1 Å². The van der Waals surface area contributed by atoms with Gasteiger partial charge in [0, 0.05) is 5.56 Å². The Bertz CT molecular complexity index is 892. The Morgan fingerprint density at radius 3 is 2.50 bits per heavy atom. The molecule has 138 valence electrons. The molecule has 0 aromatic heterocycles. The largest absolute Gasteiger partial charge is 0.486 e. The minimum atomic E-state index is -3.41. The summed E-state index contributed by atoms with van der Waals surface area (Å²) in [7, 11) is -3.41. The zero-order chi connectivity index (χ0) is 18.6. The van der Waals surface area contributed by atoms with E-state index in [0.717, 1.165) is 0 Å². The third-order valence-electron chi connectivity index (χ3n) is 3.71. The average molecular weight is 377 g/mol. The van der Waals surface area contributed by atoms with Gasteiger partial charge in [-0.05, 0) is 23.8 Å². The van der Waals surface area contributed by atoms with E-state index in [1.54, 1.807) is 42.5 Å². The molecule has 1 aliphatic rings. The number of fused-ring (bicyclic) bond motifs is 1. The van der Waals surface area contributed by atoms with Crippen LogP contribution in [0.3, 0.4) is 0 Å². The summed E-state index contributed by atoms with van der Waals surface area (Å²) in [5, 5.41) is 0. The smallest absolute Gasteiger partial charge is 0.255 e. The van der Waals surface area contributed by atoms with E-state index < -0.39 is 15.7 Å². The predicted octanol–water partition coefficient (Wildman–Crippen LogP) is 1.44. The van der Waals surface area contributed by atoms with Crippen LogP contribution in [-0.4, -0.2) is 34.1 Å². The van der Waals surface area contributed by atoms with Gasteiger partial charge in [0.1, 0.15) is 19.0 Å². The van der Waals surface area contributed by atoms with E-state index in [2.05, 4.69) is 0 Å². The predicted molar refractivity (Wildman–Crippen MR) is 94.9 cm³/mol. The number of hydrogen-bond donors (Lipinski definition) is 1. The molecule has 1 aliphatic heterocycles. The molecule has 1 amide bonds. The Morgan fingerprint density at radius 1 is 1.04 bits per heavy atom. The van der Waals surface area contributed by atoms with E-state index in [4.69, 9.17) is 19.9 Å². The van der Waals surface area contributed by atoms with E-state index in [0.29, 0.717) is 41.6 Å². The van der Waals surface area contributed by atoms with Crippen molar-refractivity contribution in [3.05, 3.63) is 53.6 Å². The van der Waals surface area contributed by atoms with Gasteiger partial charge in [0.15, 0.2) is 27.9 Å². The number of ether oxygens (including phenoxy) is 3. The average Bonchev–Trinajstić information content (AvgIpc) is 2.61. The lowest BCUT2D eigenvalue weighted by Crippen LogP contribution is -2.20. The molecule has 0 saturated heterocycles. The van der Waals surface area contributed by atoms with Crippen LogP contribution in [0.4, 0.5) is 0 Å². The number of para-hydroxylation sites is 1. The minimum Gasteiger partial charge on any atom is -0.486 e. The van der Waals surface area contributed by atoms with Crippen molar-refractivity contribution in [2.24, 2.45) is 5.73 Å². The molecule has 0 atom stereocenters. The van der Waals surface area contributed by atoms with Crippen LogP contribution in [0.5, 0.6) is 17.2 Å². The summed E-state index contributed by atoms with van der Waals surface area (Å²) in [4.78, 5) is 10.7. The molecular formula is C18H19NO6S. The van der Waals surface area contributed by atoms with Crippen LogP contribution in [0.15, 0.2) is 42.5 Å². The molecule has 0 aliphatic carbocycles. The first-order valence-electron chi connectivity index (χ1n) is 8.01. The van der Waals surface area contributed by atoms with Crippen LogP contribution in [0.2, 0.25) is 0 Å². The monoisotopic (exact) mass is 377 g/mol. The third-order valence-corrected chi connectivity index (χ3v) is 5.24. The van der Waals surface area contributed by atoms with Crippen molar-refractivity contribution in [1.29, 1.82) is 0 Å². The second kappa shape index (κ2) is 7.65. The molecule has 3 rings (SSSR count). The van der Waals surface area contributed by atoms with Gasteiger partial charge < -0.3 is 19.9 Å². The molecule has 0 unspecified atom stereocenters. The Labute approximate surface area is 151 Å². The van der Waals surface area contributed by atoms with Gasteiger partial charge >= 0.3 is 0 Å². The van der Waals surface area contributed by atoms with Crippen molar-refractivity contribution in [3.63, 3.8) is 0 Å². The summed E-state index contributed by atoms with van der Waals surface area (Å²) in [5.74, 6) is 0.687. The second-order valence-electron chi connectivity index (χ2n) is 5.87. The molecule has 2 aromatic rings. The zero-order valence-electron chi connectivity index (χ0n) is 14.0. The van der Waals surface area contributed by atoms with Gasteiger partial charge in [0.25, 0.3) is 5.91 Å². The van der Waals surface area contributed by atoms with Gasteiger partial charge in [-0.2, -0.15) is 0 Å². The normalized spacial score (nSPS) is 13.2. The number of primary amides is 1. The van der Waals surface area contributed by atoms with Crippen molar-refractivity contribution in [2.45, 2.75) is 11.5 Å². The topological polar surface area (TPSA) is 105 Å². The van der Waals surface area contributed by atoms with Gasteiger partial charge in [0.05, 0.1) is 11.5 Å². The van der Waals surface area contributed by atoms with Crippen LogP contribution in [0.25, 0.3) is 0 Å². The Kier molecular flexibility index (Phi) is 5.32. The first-order chi connectivity index (χ1) is 12.4. The van der Waals surface area contributed by atoms with E-state index in [1.165, 1.54) is 0 Å². The summed E-state index contributed by atoms with van der Waals surface area (Å²) >= 11 is 0. The Balaban J connectivity index is 1.69. The molecule has 0 bridgehead atoms. The molecule has 0 fully saturated rings. The van der Waals surface area contributed by atoms with Gasteiger partial charge in [-0.15, -0.1) is 0 Å². The summed E-state index contributed by atoms with van der Waals surface area (Å²) in [6.45, 7) is 0.628. The highest BCUT2D eigenvalue weighted by Gasteiger charge is 2.21. The molecular weight excluding hydrogens is 358 g/mol. The summed E-state index contributed by atoms with van der Waals surface area (Å²) < 4.78 is 41.3.